The Labute approximate surface area is 162 Å². The zero-order chi connectivity index (χ0) is 20.3. The molecule has 4 nitrogen and oxygen atoms in total. The van der Waals surface area contributed by atoms with Crippen LogP contribution >= 0.6 is 0 Å². The van der Waals surface area contributed by atoms with Crippen molar-refractivity contribution in [3.8, 4) is 0 Å². The number of hydrogen-bond acceptors (Lipinski definition) is 2. The summed E-state index contributed by atoms with van der Waals surface area (Å²) in [6.07, 6.45) is 3.24. The monoisotopic (exact) mass is 368 g/mol. The average molecular weight is 369 g/mol. The van der Waals surface area contributed by atoms with Crippen LogP contribution in [-0.4, -0.2) is 10.5 Å². The van der Waals surface area contributed by atoms with Gasteiger partial charge in [-0.15, -0.1) is 0 Å². The number of carbonyl (C=O) groups excluding carboxylic acids is 1. The third-order valence-corrected chi connectivity index (χ3v) is 5.47. The lowest BCUT2D eigenvalue weighted by molar-refractivity contribution is 0.102. The molecule has 0 aliphatic rings. The summed E-state index contributed by atoms with van der Waals surface area (Å²) in [5.74, 6) is -0.296. The maximum atomic E-state index is 13.2. The van der Waals surface area contributed by atoms with Gasteiger partial charge in [-0.25, -0.2) is 0 Å². The molecule has 1 aromatic heterocycles. The third-order valence-electron chi connectivity index (χ3n) is 5.47. The van der Waals surface area contributed by atoms with Gasteiger partial charge in [0, 0.05) is 29.7 Å². The molecule has 1 heterocycles. The molecule has 4 heteroatoms. The molecular weight excluding hydrogens is 336 g/mol. The van der Waals surface area contributed by atoms with Crippen molar-refractivity contribution in [2.45, 2.75) is 67.2 Å². The predicted octanol–water partition coefficient (Wildman–Crippen LogP) is 4.64. The summed E-state index contributed by atoms with van der Waals surface area (Å²) in [4.78, 5) is 26.2. The third kappa shape index (κ3) is 4.00. The van der Waals surface area contributed by atoms with Crippen LogP contribution in [0.3, 0.4) is 0 Å². The van der Waals surface area contributed by atoms with Crippen molar-refractivity contribution in [3.63, 3.8) is 0 Å². The van der Waals surface area contributed by atoms with E-state index in [2.05, 4.69) is 45.1 Å². The van der Waals surface area contributed by atoms with E-state index in [4.69, 9.17) is 0 Å². The van der Waals surface area contributed by atoms with E-state index in [1.807, 2.05) is 18.5 Å². The van der Waals surface area contributed by atoms with E-state index in [1.165, 1.54) is 5.56 Å². The van der Waals surface area contributed by atoms with Gasteiger partial charge in [-0.05, 0) is 51.2 Å². The summed E-state index contributed by atoms with van der Waals surface area (Å²) in [7, 11) is 1.93. The van der Waals surface area contributed by atoms with Crippen molar-refractivity contribution in [3.05, 3.63) is 61.6 Å². The highest BCUT2D eigenvalue weighted by atomic mass is 16.2. The van der Waals surface area contributed by atoms with Gasteiger partial charge in [-0.3, -0.25) is 9.59 Å². The van der Waals surface area contributed by atoms with Gasteiger partial charge in [0.2, 0.25) is 0 Å². The molecule has 0 bridgehead atoms. The minimum atomic E-state index is -0.296. The van der Waals surface area contributed by atoms with E-state index in [0.717, 1.165) is 47.5 Å². The van der Waals surface area contributed by atoms with Crippen molar-refractivity contribution in [2.75, 3.05) is 5.32 Å². The number of carbonyl (C=O) groups is 1. The van der Waals surface area contributed by atoms with Gasteiger partial charge in [0.05, 0.1) is 0 Å². The van der Waals surface area contributed by atoms with Crippen molar-refractivity contribution in [2.24, 2.45) is 7.05 Å². The van der Waals surface area contributed by atoms with Gasteiger partial charge in [0.15, 0.2) is 5.43 Å². The smallest absolute Gasteiger partial charge is 0.261 e. The second kappa shape index (κ2) is 8.55. The van der Waals surface area contributed by atoms with Crippen LogP contribution in [0, 0.1) is 20.8 Å². The molecule has 27 heavy (non-hydrogen) atoms. The Hall–Kier alpha value is -2.36. The number of nitrogens with one attached hydrogen (secondary N) is 1. The van der Waals surface area contributed by atoms with Crippen LogP contribution in [0.15, 0.2) is 16.9 Å². The van der Waals surface area contributed by atoms with Crippen LogP contribution in [0.25, 0.3) is 0 Å². The Balaban J connectivity index is 2.63. The summed E-state index contributed by atoms with van der Waals surface area (Å²) in [5.41, 5.74) is 6.76. The van der Waals surface area contributed by atoms with E-state index in [9.17, 15) is 9.59 Å². The lowest BCUT2D eigenvalue weighted by atomic mass is 9.98. The van der Waals surface area contributed by atoms with E-state index in [0.29, 0.717) is 12.0 Å². The van der Waals surface area contributed by atoms with E-state index in [1.54, 1.807) is 6.92 Å². The number of rotatable bonds is 6. The Kier molecular flexibility index (Phi) is 6.63. The molecule has 0 radical (unpaired) electrons. The molecule has 1 aromatic carbocycles. The zero-order valence-electron chi connectivity index (χ0n) is 17.7. The molecule has 0 aliphatic heterocycles. The quantitative estimate of drug-likeness (QED) is 0.807. The van der Waals surface area contributed by atoms with Gasteiger partial charge >= 0.3 is 0 Å². The first-order valence-electron chi connectivity index (χ1n) is 9.89. The fourth-order valence-electron chi connectivity index (χ4n) is 3.70. The second-order valence-corrected chi connectivity index (χ2v) is 7.29. The number of hydrogen-bond donors (Lipinski definition) is 1. The number of pyridine rings is 1. The first-order valence-corrected chi connectivity index (χ1v) is 9.89. The van der Waals surface area contributed by atoms with E-state index < -0.39 is 0 Å². The largest absolute Gasteiger partial charge is 0.351 e. The lowest BCUT2D eigenvalue weighted by Gasteiger charge is -2.20. The lowest BCUT2D eigenvalue weighted by Crippen LogP contribution is -2.30. The molecule has 0 saturated carbocycles. The summed E-state index contributed by atoms with van der Waals surface area (Å²) in [5, 5.41) is 3.09. The molecule has 2 rings (SSSR count). The van der Waals surface area contributed by atoms with E-state index >= 15 is 0 Å². The molecule has 2 aromatic rings. The van der Waals surface area contributed by atoms with Gasteiger partial charge in [0.1, 0.15) is 5.56 Å². The molecule has 0 fully saturated rings. The number of amides is 1. The van der Waals surface area contributed by atoms with Gasteiger partial charge in [-0.1, -0.05) is 44.9 Å². The van der Waals surface area contributed by atoms with Crippen LogP contribution in [0.4, 0.5) is 5.69 Å². The van der Waals surface area contributed by atoms with Crippen LogP contribution in [-0.2, 0) is 26.3 Å². The first-order chi connectivity index (χ1) is 12.8. The van der Waals surface area contributed by atoms with Gasteiger partial charge < -0.3 is 9.88 Å². The molecule has 0 saturated heterocycles. The van der Waals surface area contributed by atoms with Crippen molar-refractivity contribution in [1.29, 1.82) is 0 Å². The molecule has 0 atom stereocenters. The second-order valence-electron chi connectivity index (χ2n) is 7.29. The van der Waals surface area contributed by atoms with Crippen molar-refractivity contribution in [1.82, 2.24) is 4.57 Å². The molecule has 1 amide bonds. The normalized spacial score (nSPS) is 10.9. The number of anilines is 1. The molecule has 0 aliphatic carbocycles. The maximum Gasteiger partial charge on any atom is 0.261 e. The Morgan fingerprint density at radius 2 is 1.59 bits per heavy atom. The number of aromatic nitrogens is 1. The zero-order valence-corrected chi connectivity index (χ0v) is 17.7. The predicted molar refractivity (Wildman–Crippen MR) is 113 cm³/mol. The maximum absolute atomic E-state index is 13.2. The van der Waals surface area contributed by atoms with Gasteiger partial charge in [0.25, 0.3) is 5.91 Å². The van der Waals surface area contributed by atoms with Crippen LogP contribution in [0.5, 0.6) is 0 Å². The van der Waals surface area contributed by atoms with Crippen LogP contribution in [0.1, 0.15) is 71.2 Å². The highest BCUT2D eigenvalue weighted by molar-refractivity contribution is 6.06. The standard InChI is InChI=1S/C23H32N2O2/c1-8-11-19-20(22(26)15(5)16(6)25(19)7)23(27)24-21-17(9-2)12-14(4)13-18(21)10-3/h12-13H,8-11H2,1-7H3,(H,24,27). The average Bonchev–Trinajstić information content (AvgIpc) is 2.65. The minimum Gasteiger partial charge on any atom is -0.351 e. The fourth-order valence-corrected chi connectivity index (χ4v) is 3.70. The topological polar surface area (TPSA) is 51.1 Å². The first kappa shape index (κ1) is 20.9. The van der Waals surface area contributed by atoms with Crippen LogP contribution < -0.4 is 10.7 Å². The Bertz CT molecular complexity index is 898. The minimum absolute atomic E-state index is 0.158. The van der Waals surface area contributed by atoms with Crippen molar-refractivity contribution < 1.29 is 4.79 Å². The number of nitrogens with zero attached hydrogens (tertiary/aromatic N) is 1. The number of aryl methyl sites for hydroxylation is 3. The summed E-state index contributed by atoms with van der Waals surface area (Å²) < 4.78 is 1.99. The Morgan fingerprint density at radius 3 is 2.07 bits per heavy atom. The molecule has 146 valence electrons. The Morgan fingerprint density at radius 1 is 1.04 bits per heavy atom. The molecular formula is C23H32N2O2. The SMILES string of the molecule is CCCc1c(C(=O)Nc2c(CC)cc(C)cc2CC)c(=O)c(C)c(C)n1C. The number of benzene rings is 1. The molecule has 0 spiro atoms. The van der Waals surface area contributed by atoms with Gasteiger partial charge in [-0.2, -0.15) is 0 Å². The summed E-state index contributed by atoms with van der Waals surface area (Å²) >= 11 is 0. The highest BCUT2D eigenvalue weighted by Gasteiger charge is 2.22. The fraction of sp³-hybridized carbons (Fsp3) is 0.478. The highest BCUT2D eigenvalue weighted by Crippen LogP contribution is 2.26. The van der Waals surface area contributed by atoms with Crippen molar-refractivity contribution >= 4 is 11.6 Å². The van der Waals surface area contributed by atoms with Crippen LogP contribution in [0.2, 0.25) is 0 Å². The van der Waals surface area contributed by atoms with E-state index in [-0.39, 0.29) is 16.9 Å². The molecule has 0 unspecified atom stereocenters. The summed E-state index contributed by atoms with van der Waals surface area (Å²) in [6, 6.07) is 4.22. The molecule has 1 N–H and O–H groups in total. The summed E-state index contributed by atoms with van der Waals surface area (Å²) in [6.45, 7) is 12.0.